The second kappa shape index (κ2) is 8.24. The zero-order valence-corrected chi connectivity index (χ0v) is 16.3. The summed E-state index contributed by atoms with van der Waals surface area (Å²) in [5.41, 5.74) is 1.91. The number of hydrogen-bond acceptors (Lipinski definition) is 6. The second-order valence-electron chi connectivity index (χ2n) is 6.89. The van der Waals surface area contributed by atoms with Crippen molar-refractivity contribution in [3.63, 3.8) is 0 Å². The van der Waals surface area contributed by atoms with Crippen LogP contribution in [0.15, 0.2) is 24.3 Å². The fraction of sp³-hybridized carbons (Fsp3) is 0.450. The van der Waals surface area contributed by atoms with Gasteiger partial charge in [0.15, 0.2) is 11.5 Å². The van der Waals surface area contributed by atoms with Gasteiger partial charge in [-0.05, 0) is 43.9 Å². The molecule has 1 aromatic carbocycles. The number of amides is 1. The molecule has 1 aromatic heterocycles. The van der Waals surface area contributed by atoms with Crippen molar-refractivity contribution in [2.75, 3.05) is 32.6 Å². The van der Waals surface area contributed by atoms with Crippen molar-refractivity contribution in [1.82, 2.24) is 14.9 Å². The number of aromatic nitrogens is 2. The largest absolute Gasteiger partial charge is 0.493 e. The number of likely N-dealkylation sites (tertiary alicyclic amines) is 1. The molecule has 0 radical (unpaired) electrons. The number of ether oxygens (including phenoxy) is 2. The Morgan fingerprint density at radius 2 is 1.81 bits per heavy atom. The molecule has 0 unspecified atom stereocenters. The molecular weight excluding hydrogens is 344 g/mol. The zero-order valence-electron chi connectivity index (χ0n) is 16.3. The monoisotopic (exact) mass is 370 g/mol. The Kier molecular flexibility index (Phi) is 5.78. The summed E-state index contributed by atoms with van der Waals surface area (Å²) in [5.74, 6) is 2.26. The average Bonchev–Trinajstić information content (AvgIpc) is 2.67. The third-order valence-electron chi connectivity index (χ3n) is 4.78. The number of nitrogens with zero attached hydrogens (tertiary/aromatic N) is 3. The first kappa shape index (κ1) is 18.9. The van der Waals surface area contributed by atoms with E-state index in [-0.39, 0.29) is 5.91 Å². The van der Waals surface area contributed by atoms with E-state index in [4.69, 9.17) is 9.47 Å². The molecule has 1 fully saturated rings. The van der Waals surface area contributed by atoms with Crippen LogP contribution in [0, 0.1) is 12.8 Å². The highest BCUT2D eigenvalue weighted by Crippen LogP contribution is 2.30. The molecule has 27 heavy (non-hydrogen) atoms. The lowest BCUT2D eigenvalue weighted by Crippen LogP contribution is -2.38. The summed E-state index contributed by atoms with van der Waals surface area (Å²) in [6.45, 7) is 5.64. The van der Waals surface area contributed by atoms with Crippen molar-refractivity contribution in [2.24, 2.45) is 5.92 Å². The van der Waals surface area contributed by atoms with Gasteiger partial charge < -0.3 is 19.7 Å². The van der Waals surface area contributed by atoms with Gasteiger partial charge in [0.25, 0.3) is 5.91 Å². The lowest BCUT2D eigenvalue weighted by atomic mass is 9.99. The highest BCUT2D eigenvalue weighted by molar-refractivity contribution is 5.92. The Morgan fingerprint density at radius 3 is 2.48 bits per heavy atom. The van der Waals surface area contributed by atoms with E-state index in [9.17, 15) is 4.79 Å². The van der Waals surface area contributed by atoms with Crippen molar-refractivity contribution >= 4 is 17.5 Å². The molecule has 7 heteroatoms. The van der Waals surface area contributed by atoms with Crippen LogP contribution in [0.3, 0.4) is 0 Å². The summed E-state index contributed by atoms with van der Waals surface area (Å²) in [7, 11) is 3.18. The van der Waals surface area contributed by atoms with Gasteiger partial charge in [0.05, 0.1) is 14.2 Å². The van der Waals surface area contributed by atoms with Gasteiger partial charge >= 0.3 is 0 Å². The van der Waals surface area contributed by atoms with Gasteiger partial charge in [-0.25, -0.2) is 9.97 Å². The van der Waals surface area contributed by atoms with E-state index < -0.39 is 0 Å². The maximum Gasteiger partial charge on any atom is 0.272 e. The van der Waals surface area contributed by atoms with Crippen LogP contribution in [0.1, 0.15) is 35.9 Å². The molecular formula is C20H26N4O3. The van der Waals surface area contributed by atoms with E-state index in [1.807, 2.05) is 17.9 Å². The number of rotatable bonds is 5. The third-order valence-corrected chi connectivity index (χ3v) is 4.78. The number of hydrogen-bond donors (Lipinski definition) is 1. The Labute approximate surface area is 159 Å². The minimum absolute atomic E-state index is 0.0391. The van der Waals surface area contributed by atoms with Crippen LogP contribution in [0.5, 0.6) is 11.5 Å². The quantitative estimate of drug-likeness (QED) is 0.869. The number of methoxy groups -OCH3 is 2. The summed E-state index contributed by atoms with van der Waals surface area (Å²) in [5, 5.41) is 3.15. The first-order chi connectivity index (χ1) is 13.0. The van der Waals surface area contributed by atoms with E-state index in [0.29, 0.717) is 29.1 Å². The zero-order chi connectivity index (χ0) is 19.4. The topological polar surface area (TPSA) is 76.6 Å². The molecule has 1 saturated heterocycles. The summed E-state index contributed by atoms with van der Waals surface area (Å²) in [6, 6.07) is 7.19. The predicted molar refractivity (Wildman–Crippen MR) is 104 cm³/mol. The second-order valence-corrected chi connectivity index (χ2v) is 6.89. The molecule has 1 aliphatic rings. The average molecular weight is 370 g/mol. The molecule has 7 nitrogen and oxygen atoms in total. The lowest BCUT2D eigenvalue weighted by molar-refractivity contribution is 0.0691. The third kappa shape index (κ3) is 4.48. The van der Waals surface area contributed by atoms with Crippen LogP contribution in [0.25, 0.3) is 0 Å². The van der Waals surface area contributed by atoms with Crippen molar-refractivity contribution in [2.45, 2.75) is 26.7 Å². The highest BCUT2D eigenvalue weighted by atomic mass is 16.5. The van der Waals surface area contributed by atoms with Crippen LogP contribution in [0.2, 0.25) is 0 Å². The first-order valence-electron chi connectivity index (χ1n) is 9.14. The number of carbonyl (C=O) groups excluding carboxylic acids is 1. The Bertz CT molecular complexity index is 817. The van der Waals surface area contributed by atoms with Crippen LogP contribution >= 0.6 is 0 Å². The fourth-order valence-corrected chi connectivity index (χ4v) is 3.15. The first-order valence-corrected chi connectivity index (χ1v) is 9.14. The summed E-state index contributed by atoms with van der Waals surface area (Å²) >= 11 is 0. The molecule has 0 spiro atoms. The standard InChI is InChI=1S/C20H26N4O3/c1-13-7-9-24(10-8-13)19(25)16-11-14(2)21-20(23-16)22-15-5-6-17(26-3)18(12-15)27-4/h5-6,11-13H,7-10H2,1-4H3,(H,21,22,23). The molecule has 144 valence electrons. The number of aryl methyl sites for hydroxylation is 1. The van der Waals surface area contributed by atoms with E-state index >= 15 is 0 Å². The SMILES string of the molecule is COc1ccc(Nc2nc(C)cc(C(=O)N3CCC(C)CC3)n2)cc1OC. The molecule has 0 saturated carbocycles. The summed E-state index contributed by atoms with van der Waals surface area (Å²) < 4.78 is 10.6. The Hall–Kier alpha value is -2.83. The van der Waals surface area contributed by atoms with Crippen molar-refractivity contribution < 1.29 is 14.3 Å². The molecule has 1 amide bonds. The summed E-state index contributed by atoms with van der Waals surface area (Å²) in [6.07, 6.45) is 2.07. The Balaban J connectivity index is 1.80. The van der Waals surface area contributed by atoms with Gasteiger partial charge in [-0.15, -0.1) is 0 Å². The summed E-state index contributed by atoms with van der Waals surface area (Å²) in [4.78, 5) is 23.5. The highest BCUT2D eigenvalue weighted by Gasteiger charge is 2.23. The van der Waals surface area contributed by atoms with E-state index in [2.05, 4.69) is 22.2 Å². The van der Waals surface area contributed by atoms with Crippen LogP contribution in [0.4, 0.5) is 11.6 Å². The number of nitrogens with one attached hydrogen (secondary N) is 1. The van der Waals surface area contributed by atoms with E-state index in [1.165, 1.54) is 0 Å². The van der Waals surface area contributed by atoms with Gasteiger partial charge in [0.1, 0.15) is 5.69 Å². The van der Waals surface area contributed by atoms with Crippen LogP contribution in [-0.2, 0) is 0 Å². The maximum atomic E-state index is 12.8. The molecule has 2 aromatic rings. The van der Waals surface area contributed by atoms with Gasteiger partial charge in [-0.1, -0.05) is 6.92 Å². The van der Waals surface area contributed by atoms with Gasteiger partial charge in [-0.3, -0.25) is 4.79 Å². The minimum Gasteiger partial charge on any atom is -0.493 e. The Morgan fingerprint density at radius 1 is 1.11 bits per heavy atom. The molecule has 2 heterocycles. The number of benzene rings is 1. The molecule has 1 aliphatic heterocycles. The number of piperidine rings is 1. The van der Waals surface area contributed by atoms with Crippen molar-refractivity contribution in [3.05, 3.63) is 35.7 Å². The smallest absolute Gasteiger partial charge is 0.272 e. The number of anilines is 2. The normalized spacial score (nSPS) is 14.7. The molecule has 3 rings (SSSR count). The molecule has 0 bridgehead atoms. The maximum absolute atomic E-state index is 12.8. The van der Waals surface area contributed by atoms with Crippen molar-refractivity contribution in [3.8, 4) is 11.5 Å². The predicted octanol–water partition coefficient (Wildman–Crippen LogP) is 3.42. The minimum atomic E-state index is -0.0391. The fourth-order valence-electron chi connectivity index (χ4n) is 3.15. The molecule has 0 atom stereocenters. The van der Waals surface area contributed by atoms with E-state index in [1.54, 1.807) is 32.4 Å². The molecule has 1 N–H and O–H groups in total. The lowest BCUT2D eigenvalue weighted by Gasteiger charge is -2.30. The van der Waals surface area contributed by atoms with Crippen molar-refractivity contribution in [1.29, 1.82) is 0 Å². The molecule has 0 aliphatic carbocycles. The number of carbonyl (C=O) groups is 1. The van der Waals surface area contributed by atoms with Gasteiger partial charge in [0, 0.05) is 30.5 Å². The van der Waals surface area contributed by atoms with Gasteiger partial charge in [-0.2, -0.15) is 0 Å². The van der Waals surface area contributed by atoms with Crippen LogP contribution in [-0.4, -0.2) is 48.1 Å². The van der Waals surface area contributed by atoms with Gasteiger partial charge in [0.2, 0.25) is 5.95 Å². The van der Waals surface area contributed by atoms with Crippen LogP contribution < -0.4 is 14.8 Å². The van der Waals surface area contributed by atoms with E-state index in [0.717, 1.165) is 37.3 Å².